The Bertz CT molecular complexity index is 1150. The summed E-state index contributed by atoms with van der Waals surface area (Å²) in [6.07, 6.45) is 3.22. The van der Waals surface area contributed by atoms with Crippen LogP contribution in [0.1, 0.15) is 5.56 Å². The van der Waals surface area contributed by atoms with Gasteiger partial charge < -0.3 is 9.47 Å². The highest BCUT2D eigenvalue weighted by atomic mass is 32.1. The van der Waals surface area contributed by atoms with Crippen molar-refractivity contribution in [3.63, 3.8) is 0 Å². The third-order valence-electron chi connectivity index (χ3n) is 4.31. The van der Waals surface area contributed by atoms with Crippen molar-refractivity contribution in [2.75, 3.05) is 6.79 Å². The van der Waals surface area contributed by atoms with E-state index in [2.05, 4.69) is 20.3 Å². The lowest BCUT2D eigenvalue weighted by atomic mass is 10.1. The van der Waals surface area contributed by atoms with Crippen LogP contribution in [0, 0.1) is 4.77 Å². The van der Waals surface area contributed by atoms with Crippen molar-refractivity contribution >= 4 is 12.2 Å². The minimum atomic E-state index is 0.235. The minimum absolute atomic E-state index is 0.235. The van der Waals surface area contributed by atoms with Crippen LogP contribution in [0.25, 0.3) is 17.1 Å². The van der Waals surface area contributed by atoms with E-state index in [-0.39, 0.29) is 6.79 Å². The molecule has 0 radical (unpaired) electrons. The zero-order valence-electron chi connectivity index (χ0n) is 14.1. The minimum Gasteiger partial charge on any atom is -0.454 e. The lowest BCUT2D eigenvalue weighted by Gasteiger charge is -2.09. The van der Waals surface area contributed by atoms with Gasteiger partial charge in [0.1, 0.15) is 12.7 Å². The van der Waals surface area contributed by atoms with Crippen LogP contribution in [0.5, 0.6) is 11.5 Å². The summed E-state index contributed by atoms with van der Waals surface area (Å²) in [4.78, 5) is 3.96. The van der Waals surface area contributed by atoms with E-state index in [1.54, 1.807) is 11.0 Å². The zero-order chi connectivity index (χ0) is 18.2. The maximum absolute atomic E-state index is 5.47. The molecular weight excluding hydrogens is 364 g/mol. The summed E-state index contributed by atoms with van der Waals surface area (Å²) in [5.41, 5.74) is 2.92. The SMILES string of the molecule is S=c1[nH]nc(-c2ccc3c(c2)OCO3)n1-c1ccc(Cn2cncn2)cc1. The fraction of sp³-hybridized carbons (Fsp3) is 0.111. The van der Waals surface area contributed by atoms with Crippen LogP contribution in [0.3, 0.4) is 0 Å². The number of hydrogen-bond acceptors (Lipinski definition) is 6. The second-order valence-electron chi connectivity index (χ2n) is 6.02. The number of hydrogen-bond donors (Lipinski definition) is 1. The number of benzene rings is 2. The second kappa shape index (κ2) is 6.36. The molecule has 0 saturated heterocycles. The molecule has 3 heterocycles. The number of nitrogens with one attached hydrogen (secondary N) is 1. The highest BCUT2D eigenvalue weighted by Crippen LogP contribution is 2.35. The van der Waals surface area contributed by atoms with Crippen LogP contribution in [0.15, 0.2) is 55.1 Å². The first-order valence-electron chi connectivity index (χ1n) is 8.27. The largest absolute Gasteiger partial charge is 0.454 e. The fourth-order valence-corrected chi connectivity index (χ4v) is 3.26. The number of fused-ring (bicyclic) bond motifs is 1. The smallest absolute Gasteiger partial charge is 0.231 e. The van der Waals surface area contributed by atoms with Gasteiger partial charge in [-0.1, -0.05) is 12.1 Å². The molecule has 5 rings (SSSR count). The molecule has 0 saturated carbocycles. The van der Waals surface area contributed by atoms with Crippen LogP contribution in [-0.2, 0) is 6.54 Å². The van der Waals surface area contributed by atoms with Crippen LogP contribution >= 0.6 is 12.2 Å². The maximum Gasteiger partial charge on any atom is 0.231 e. The topological polar surface area (TPSA) is 82.8 Å². The van der Waals surface area contributed by atoms with Crippen molar-refractivity contribution in [2.45, 2.75) is 6.54 Å². The van der Waals surface area contributed by atoms with Crippen molar-refractivity contribution in [1.82, 2.24) is 29.5 Å². The van der Waals surface area contributed by atoms with Crippen LogP contribution < -0.4 is 9.47 Å². The van der Waals surface area contributed by atoms with Gasteiger partial charge in [-0.15, -0.1) is 0 Å². The highest BCUT2D eigenvalue weighted by molar-refractivity contribution is 7.71. The van der Waals surface area contributed by atoms with Crippen molar-refractivity contribution in [1.29, 1.82) is 0 Å². The molecule has 1 N–H and O–H groups in total. The average molecular weight is 378 g/mol. The molecule has 8 nitrogen and oxygen atoms in total. The van der Waals surface area contributed by atoms with Gasteiger partial charge in [0.25, 0.3) is 0 Å². The molecular formula is C18H14N6O2S. The zero-order valence-corrected chi connectivity index (χ0v) is 14.9. The normalized spacial score (nSPS) is 12.4. The Labute approximate surface area is 159 Å². The first-order valence-corrected chi connectivity index (χ1v) is 8.68. The van der Waals surface area contributed by atoms with Crippen LogP contribution in [0.2, 0.25) is 0 Å². The first kappa shape index (κ1) is 15.8. The van der Waals surface area contributed by atoms with Gasteiger partial charge in [0, 0.05) is 11.3 Å². The number of ether oxygens (including phenoxy) is 2. The predicted molar refractivity (Wildman–Crippen MR) is 99.4 cm³/mol. The lowest BCUT2D eigenvalue weighted by Crippen LogP contribution is -2.01. The quantitative estimate of drug-likeness (QED) is 0.550. The Morgan fingerprint density at radius 3 is 2.74 bits per heavy atom. The lowest BCUT2D eigenvalue weighted by molar-refractivity contribution is 0.174. The monoisotopic (exact) mass is 378 g/mol. The molecule has 1 aliphatic rings. The summed E-state index contributed by atoms with van der Waals surface area (Å²) in [6, 6.07) is 13.8. The molecule has 0 fully saturated rings. The van der Waals surface area contributed by atoms with Gasteiger partial charge in [0.05, 0.1) is 6.54 Å². The average Bonchev–Trinajstić information content (AvgIpc) is 3.43. The summed E-state index contributed by atoms with van der Waals surface area (Å²) in [6.45, 7) is 0.894. The van der Waals surface area contributed by atoms with Crippen molar-refractivity contribution in [3.05, 3.63) is 65.5 Å². The van der Waals surface area contributed by atoms with Gasteiger partial charge in [-0.05, 0) is 48.1 Å². The van der Waals surface area contributed by atoms with E-state index in [1.807, 2.05) is 47.0 Å². The van der Waals surface area contributed by atoms with E-state index in [4.69, 9.17) is 21.7 Å². The van der Waals surface area contributed by atoms with Gasteiger partial charge in [-0.3, -0.25) is 9.67 Å². The third-order valence-corrected chi connectivity index (χ3v) is 4.58. The number of rotatable bonds is 4. The molecule has 0 spiro atoms. The van der Waals surface area contributed by atoms with E-state index in [0.29, 0.717) is 22.9 Å². The van der Waals surface area contributed by atoms with E-state index in [1.165, 1.54) is 6.33 Å². The predicted octanol–water partition coefficient (Wildman–Crippen LogP) is 2.97. The van der Waals surface area contributed by atoms with Gasteiger partial charge in [-0.25, -0.2) is 9.67 Å². The molecule has 9 heteroatoms. The molecule has 4 aromatic rings. The molecule has 2 aromatic heterocycles. The van der Waals surface area contributed by atoms with Crippen molar-refractivity contribution in [2.24, 2.45) is 0 Å². The van der Waals surface area contributed by atoms with Crippen molar-refractivity contribution < 1.29 is 9.47 Å². The molecule has 0 bridgehead atoms. The van der Waals surface area contributed by atoms with Crippen LogP contribution in [-0.4, -0.2) is 36.3 Å². The molecule has 27 heavy (non-hydrogen) atoms. The number of nitrogens with zero attached hydrogens (tertiary/aromatic N) is 5. The van der Waals surface area contributed by atoms with Gasteiger partial charge in [-0.2, -0.15) is 10.2 Å². The van der Waals surface area contributed by atoms with Crippen LogP contribution in [0.4, 0.5) is 0 Å². The maximum atomic E-state index is 5.47. The first-order chi connectivity index (χ1) is 13.3. The Morgan fingerprint density at radius 2 is 1.93 bits per heavy atom. The standard InChI is InChI=1S/C18H14N6O2S/c27-18-22-21-17(13-3-6-15-16(7-13)26-11-25-15)24(18)14-4-1-12(2-5-14)8-23-10-19-9-20-23/h1-7,9-10H,8,11H2,(H,22,27). The summed E-state index contributed by atoms with van der Waals surface area (Å²) < 4.78 is 15.0. The molecule has 1 aliphatic heterocycles. The summed E-state index contributed by atoms with van der Waals surface area (Å²) in [5.74, 6) is 2.15. The van der Waals surface area contributed by atoms with E-state index >= 15 is 0 Å². The molecule has 0 atom stereocenters. The van der Waals surface area contributed by atoms with Gasteiger partial charge in [0.15, 0.2) is 22.1 Å². The third kappa shape index (κ3) is 2.87. The Morgan fingerprint density at radius 1 is 1.07 bits per heavy atom. The van der Waals surface area contributed by atoms with Gasteiger partial charge in [0.2, 0.25) is 6.79 Å². The molecule has 0 unspecified atom stereocenters. The number of H-pyrrole nitrogens is 1. The Kier molecular flexibility index (Phi) is 3.72. The summed E-state index contributed by atoms with van der Waals surface area (Å²) >= 11 is 5.45. The molecule has 134 valence electrons. The highest BCUT2D eigenvalue weighted by Gasteiger charge is 2.17. The summed E-state index contributed by atoms with van der Waals surface area (Å²) in [7, 11) is 0. The number of aromatic amines is 1. The number of aromatic nitrogens is 6. The van der Waals surface area contributed by atoms with Gasteiger partial charge >= 0.3 is 0 Å². The Balaban J connectivity index is 1.50. The second-order valence-corrected chi connectivity index (χ2v) is 6.40. The molecule has 2 aromatic carbocycles. The molecule has 0 amide bonds. The Hall–Kier alpha value is -3.46. The van der Waals surface area contributed by atoms with Crippen molar-refractivity contribution in [3.8, 4) is 28.6 Å². The van der Waals surface area contributed by atoms with E-state index < -0.39 is 0 Å². The van der Waals surface area contributed by atoms with E-state index in [9.17, 15) is 0 Å². The summed E-state index contributed by atoms with van der Waals surface area (Å²) in [5, 5.41) is 11.4. The molecule has 0 aliphatic carbocycles. The van der Waals surface area contributed by atoms with E-state index in [0.717, 1.165) is 22.6 Å². The fourth-order valence-electron chi connectivity index (χ4n) is 3.02.